The SMILES string of the molecule is CCN(CC)CCO/N=C/c1c(C)cccc1C. The van der Waals surface area contributed by atoms with Crippen LogP contribution in [0.15, 0.2) is 23.4 Å². The van der Waals surface area contributed by atoms with Crippen LogP contribution >= 0.6 is 0 Å². The molecule has 100 valence electrons. The van der Waals surface area contributed by atoms with Gasteiger partial charge in [0.15, 0.2) is 0 Å². The number of benzene rings is 1. The van der Waals surface area contributed by atoms with Crippen molar-refractivity contribution in [1.82, 2.24) is 4.90 Å². The zero-order valence-corrected chi connectivity index (χ0v) is 11.9. The number of oxime groups is 1. The Kier molecular flexibility index (Phi) is 6.44. The van der Waals surface area contributed by atoms with Gasteiger partial charge in [0.05, 0.1) is 6.21 Å². The van der Waals surface area contributed by atoms with Crippen molar-refractivity contribution in [1.29, 1.82) is 0 Å². The van der Waals surface area contributed by atoms with Gasteiger partial charge in [-0.2, -0.15) is 0 Å². The van der Waals surface area contributed by atoms with Gasteiger partial charge in [-0.1, -0.05) is 37.2 Å². The van der Waals surface area contributed by atoms with Crippen molar-refractivity contribution in [3.05, 3.63) is 34.9 Å². The first-order valence-electron chi connectivity index (χ1n) is 6.63. The van der Waals surface area contributed by atoms with Gasteiger partial charge in [-0.25, -0.2) is 0 Å². The summed E-state index contributed by atoms with van der Waals surface area (Å²) in [7, 11) is 0. The van der Waals surface area contributed by atoms with E-state index in [4.69, 9.17) is 4.84 Å². The highest BCUT2D eigenvalue weighted by Gasteiger charge is 1.99. The Labute approximate surface area is 110 Å². The van der Waals surface area contributed by atoms with Gasteiger partial charge < -0.3 is 9.74 Å². The fourth-order valence-electron chi connectivity index (χ4n) is 1.88. The number of aryl methyl sites for hydroxylation is 2. The van der Waals surface area contributed by atoms with Crippen LogP contribution in [0.2, 0.25) is 0 Å². The average Bonchev–Trinajstić information content (AvgIpc) is 2.37. The van der Waals surface area contributed by atoms with Gasteiger partial charge in [-0.05, 0) is 38.1 Å². The Morgan fingerprint density at radius 2 is 1.78 bits per heavy atom. The van der Waals surface area contributed by atoms with Gasteiger partial charge >= 0.3 is 0 Å². The average molecular weight is 248 g/mol. The van der Waals surface area contributed by atoms with Gasteiger partial charge in [-0.3, -0.25) is 0 Å². The van der Waals surface area contributed by atoms with Crippen LogP contribution in [0.1, 0.15) is 30.5 Å². The van der Waals surface area contributed by atoms with Crippen LogP contribution in [-0.4, -0.2) is 37.4 Å². The molecule has 0 bridgehead atoms. The van der Waals surface area contributed by atoms with E-state index in [1.165, 1.54) is 11.1 Å². The zero-order chi connectivity index (χ0) is 13.4. The second-order valence-electron chi connectivity index (χ2n) is 4.40. The Morgan fingerprint density at radius 1 is 1.17 bits per heavy atom. The van der Waals surface area contributed by atoms with Crippen molar-refractivity contribution in [2.24, 2.45) is 5.16 Å². The summed E-state index contributed by atoms with van der Waals surface area (Å²) in [6, 6.07) is 6.23. The molecule has 0 unspecified atom stereocenters. The Bertz CT molecular complexity index is 364. The molecule has 0 fully saturated rings. The summed E-state index contributed by atoms with van der Waals surface area (Å²) in [4.78, 5) is 7.62. The summed E-state index contributed by atoms with van der Waals surface area (Å²) < 4.78 is 0. The summed E-state index contributed by atoms with van der Waals surface area (Å²) in [5.74, 6) is 0. The molecule has 3 nitrogen and oxygen atoms in total. The van der Waals surface area contributed by atoms with Gasteiger partial charge in [0.1, 0.15) is 6.61 Å². The largest absolute Gasteiger partial charge is 0.394 e. The second-order valence-corrected chi connectivity index (χ2v) is 4.40. The highest BCUT2D eigenvalue weighted by atomic mass is 16.6. The van der Waals surface area contributed by atoms with Gasteiger partial charge in [0.2, 0.25) is 0 Å². The lowest BCUT2D eigenvalue weighted by molar-refractivity contribution is 0.115. The van der Waals surface area contributed by atoms with E-state index in [0.29, 0.717) is 6.61 Å². The van der Waals surface area contributed by atoms with Crippen LogP contribution < -0.4 is 0 Å². The molecule has 0 aliphatic heterocycles. The summed E-state index contributed by atoms with van der Waals surface area (Å²) in [5, 5.41) is 4.05. The number of nitrogens with zero attached hydrogens (tertiary/aromatic N) is 2. The highest BCUT2D eigenvalue weighted by molar-refractivity contribution is 5.83. The van der Waals surface area contributed by atoms with Crippen molar-refractivity contribution in [3.8, 4) is 0 Å². The number of hydrogen-bond donors (Lipinski definition) is 0. The molecular formula is C15H24N2O. The zero-order valence-electron chi connectivity index (χ0n) is 11.9. The second kappa shape index (κ2) is 7.88. The topological polar surface area (TPSA) is 24.8 Å². The number of likely N-dealkylation sites (N-methyl/N-ethyl adjacent to an activating group) is 1. The van der Waals surface area contributed by atoms with E-state index in [1.807, 2.05) is 6.21 Å². The maximum absolute atomic E-state index is 5.31. The lowest BCUT2D eigenvalue weighted by atomic mass is 10.0. The van der Waals surface area contributed by atoms with Crippen LogP contribution in [0.3, 0.4) is 0 Å². The summed E-state index contributed by atoms with van der Waals surface area (Å²) in [5.41, 5.74) is 3.61. The van der Waals surface area contributed by atoms with Crippen LogP contribution in [-0.2, 0) is 4.84 Å². The molecule has 0 atom stereocenters. The number of rotatable bonds is 7. The molecule has 1 aromatic carbocycles. The van der Waals surface area contributed by atoms with Crippen molar-refractivity contribution in [3.63, 3.8) is 0 Å². The fraction of sp³-hybridized carbons (Fsp3) is 0.533. The standard InChI is InChI=1S/C15H24N2O/c1-5-17(6-2)10-11-18-16-12-15-13(3)8-7-9-14(15)4/h7-9,12H,5-6,10-11H2,1-4H3/b16-12+. The van der Waals surface area contributed by atoms with E-state index in [2.05, 4.69) is 55.9 Å². The maximum atomic E-state index is 5.31. The minimum atomic E-state index is 0.642. The first-order chi connectivity index (χ1) is 8.69. The minimum Gasteiger partial charge on any atom is -0.394 e. The quantitative estimate of drug-likeness (QED) is 0.421. The van der Waals surface area contributed by atoms with Gasteiger partial charge in [-0.15, -0.1) is 0 Å². The Morgan fingerprint density at radius 3 is 2.33 bits per heavy atom. The molecule has 0 heterocycles. The van der Waals surface area contributed by atoms with Gasteiger partial charge in [0, 0.05) is 12.1 Å². The summed E-state index contributed by atoms with van der Waals surface area (Å²) in [6.45, 7) is 12.2. The summed E-state index contributed by atoms with van der Waals surface area (Å²) in [6.07, 6.45) is 1.81. The van der Waals surface area contributed by atoms with E-state index in [1.54, 1.807) is 0 Å². The lowest BCUT2D eigenvalue weighted by Gasteiger charge is -2.16. The minimum absolute atomic E-state index is 0.642. The van der Waals surface area contributed by atoms with E-state index in [0.717, 1.165) is 25.2 Å². The first-order valence-corrected chi connectivity index (χ1v) is 6.63. The Balaban J connectivity index is 2.41. The first kappa shape index (κ1) is 14.7. The summed E-state index contributed by atoms with van der Waals surface area (Å²) >= 11 is 0. The molecule has 0 radical (unpaired) electrons. The fourth-order valence-corrected chi connectivity index (χ4v) is 1.88. The van der Waals surface area contributed by atoms with Crippen LogP contribution in [0.4, 0.5) is 0 Å². The lowest BCUT2D eigenvalue weighted by Crippen LogP contribution is -2.26. The molecule has 3 heteroatoms. The molecule has 0 spiro atoms. The van der Waals surface area contributed by atoms with Gasteiger partial charge in [0.25, 0.3) is 0 Å². The van der Waals surface area contributed by atoms with Crippen LogP contribution in [0.25, 0.3) is 0 Å². The molecule has 0 amide bonds. The maximum Gasteiger partial charge on any atom is 0.129 e. The van der Waals surface area contributed by atoms with E-state index >= 15 is 0 Å². The van der Waals surface area contributed by atoms with Crippen molar-refractivity contribution in [2.75, 3.05) is 26.2 Å². The highest BCUT2D eigenvalue weighted by Crippen LogP contribution is 2.10. The molecule has 0 aliphatic rings. The van der Waals surface area contributed by atoms with Crippen molar-refractivity contribution < 1.29 is 4.84 Å². The molecule has 1 aromatic rings. The molecule has 1 rings (SSSR count). The third-order valence-electron chi connectivity index (χ3n) is 3.19. The van der Waals surface area contributed by atoms with Crippen LogP contribution in [0.5, 0.6) is 0 Å². The smallest absolute Gasteiger partial charge is 0.129 e. The number of hydrogen-bond acceptors (Lipinski definition) is 3. The van der Waals surface area contributed by atoms with E-state index in [-0.39, 0.29) is 0 Å². The molecular weight excluding hydrogens is 224 g/mol. The van der Waals surface area contributed by atoms with Crippen molar-refractivity contribution >= 4 is 6.21 Å². The van der Waals surface area contributed by atoms with Crippen LogP contribution in [0, 0.1) is 13.8 Å². The third kappa shape index (κ3) is 4.49. The Hall–Kier alpha value is -1.35. The molecule has 0 aliphatic carbocycles. The molecule has 0 saturated carbocycles. The molecule has 0 saturated heterocycles. The monoisotopic (exact) mass is 248 g/mol. The molecule has 0 N–H and O–H groups in total. The third-order valence-corrected chi connectivity index (χ3v) is 3.19. The van der Waals surface area contributed by atoms with E-state index in [9.17, 15) is 0 Å². The molecule has 0 aromatic heterocycles. The predicted octanol–water partition coefficient (Wildman–Crippen LogP) is 3.00. The van der Waals surface area contributed by atoms with Crippen molar-refractivity contribution in [2.45, 2.75) is 27.7 Å². The predicted molar refractivity (Wildman–Crippen MR) is 77.3 cm³/mol. The normalized spacial score (nSPS) is 11.4. The molecule has 18 heavy (non-hydrogen) atoms. The van der Waals surface area contributed by atoms with E-state index < -0.39 is 0 Å².